The molecule has 1 aromatic carbocycles. The standard InChI is InChI=1S/C12H8ClFN6OS2/c13-4-1-6-8(2-5(4)14)23-12(17-6)19-9(21)7-3-22-11(18-7)20-10(15)16/h1-3H,(H,17,19,21)(H4,15,16,18,20). The average Bonchev–Trinajstić information content (AvgIpc) is 3.05. The lowest BCUT2D eigenvalue weighted by Gasteiger charge is -1.96. The van der Waals surface area contributed by atoms with E-state index < -0.39 is 11.7 Å². The molecule has 0 radical (unpaired) electrons. The molecule has 0 atom stereocenters. The van der Waals surface area contributed by atoms with Crippen LogP contribution in [0.5, 0.6) is 0 Å². The Balaban J connectivity index is 1.82. The van der Waals surface area contributed by atoms with E-state index in [9.17, 15) is 9.18 Å². The fourth-order valence-corrected chi connectivity index (χ4v) is 3.38. The van der Waals surface area contributed by atoms with Gasteiger partial charge in [0.15, 0.2) is 11.1 Å². The second-order valence-corrected chi connectivity index (χ2v) is 6.53. The number of thiazole rings is 2. The number of nitrogens with zero attached hydrogens (tertiary/aromatic N) is 3. The number of hydrogen-bond donors (Lipinski definition) is 3. The quantitative estimate of drug-likeness (QED) is 0.483. The van der Waals surface area contributed by atoms with Crippen LogP contribution in [0.15, 0.2) is 22.5 Å². The minimum absolute atomic E-state index is 0.0259. The number of carbonyl (C=O) groups is 1. The third-order valence-corrected chi connectivity index (χ3v) is 4.56. The Morgan fingerprint density at radius 2 is 2.13 bits per heavy atom. The maximum absolute atomic E-state index is 13.4. The van der Waals surface area contributed by atoms with Crippen LogP contribution in [0.3, 0.4) is 0 Å². The zero-order valence-electron chi connectivity index (χ0n) is 11.2. The summed E-state index contributed by atoms with van der Waals surface area (Å²) >= 11 is 7.95. The van der Waals surface area contributed by atoms with E-state index in [2.05, 4.69) is 20.3 Å². The molecular formula is C12H8ClFN6OS2. The molecule has 1 amide bonds. The zero-order valence-corrected chi connectivity index (χ0v) is 13.6. The Hall–Kier alpha value is -2.30. The average molecular weight is 371 g/mol. The topological polar surface area (TPSA) is 119 Å². The molecule has 7 nitrogen and oxygen atoms in total. The van der Waals surface area contributed by atoms with E-state index >= 15 is 0 Å². The summed E-state index contributed by atoms with van der Waals surface area (Å²) < 4.78 is 14.0. The first-order chi connectivity index (χ1) is 10.9. The Bertz CT molecular complexity index is 894. The van der Waals surface area contributed by atoms with Gasteiger partial charge in [0.1, 0.15) is 11.5 Å². The molecular weight excluding hydrogens is 363 g/mol. The minimum Gasteiger partial charge on any atom is -0.370 e. The molecule has 0 fully saturated rings. The maximum Gasteiger partial charge on any atom is 0.276 e. The highest BCUT2D eigenvalue weighted by Gasteiger charge is 2.14. The van der Waals surface area contributed by atoms with Crippen molar-refractivity contribution in [3.63, 3.8) is 0 Å². The van der Waals surface area contributed by atoms with Gasteiger partial charge in [-0.2, -0.15) is 4.99 Å². The Labute approximate surface area is 141 Å². The molecule has 0 bridgehead atoms. The highest BCUT2D eigenvalue weighted by Crippen LogP contribution is 2.30. The number of aliphatic imine (C=N–C) groups is 1. The number of nitrogens with two attached hydrogens (primary N) is 2. The van der Waals surface area contributed by atoms with Crippen molar-refractivity contribution in [1.82, 2.24) is 9.97 Å². The van der Waals surface area contributed by atoms with Gasteiger partial charge in [0, 0.05) is 5.38 Å². The molecule has 0 aliphatic rings. The lowest BCUT2D eigenvalue weighted by atomic mass is 10.3. The summed E-state index contributed by atoms with van der Waals surface area (Å²) in [5.74, 6) is -1.15. The van der Waals surface area contributed by atoms with Crippen LogP contribution in [0.1, 0.15) is 10.5 Å². The SMILES string of the molecule is NC(N)=Nc1nc(C(=O)Nc2nc3cc(Cl)c(F)cc3s2)cs1. The van der Waals surface area contributed by atoms with Gasteiger partial charge in [0.05, 0.1) is 15.2 Å². The third-order valence-electron chi connectivity index (χ3n) is 2.60. The van der Waals surface area contributed by atoms with Crippen molar-refractivity contribution in [3.8, 4) is 0 Å². The van der Waals surface area contributed by atoms with Gasteiger partial charge in [-0.25, -0.2) is 14.4 Å². The van der Waals surface area contributed by atoms with E-state index in [0.29, 0.717) is 15.3 Å². The number of amides is 1. The van der Waals surface area contributed by atoms with Crippen LogP contribution in [0, 0.1) is 5.82 Å². The Kier molecular flexibility index (Phi) is 4.11. The molecule has 11 heteroatoms. The number of rotatable bonds is 3. The highest BCUT2D eigenvalue weighted by atomic mass is 35.5. The third kappa shape index (κ3) is 3.38. The van der Waals surface area contributed by atoms with Gasteiger partial charge in [-0.1, -0.05) is 22.9 Å². The van der Waals surface area contributed by atoms with Gasteiger partial charge in [-0.05, 0) is 12.1 Å². The summed E-state index contributed by atoms with van der Waals surface area (Å²) in [5.41, 5.74) is 11.1. The number of halogens is 2. The Morgan fingerprint density at radius 3 is 2.87 bits per heavy atom. The van der Waals surface area contributed by atoms with Crippen molar-refractivity contribution in [1.29, 1.82) is 0 Å². The number of benzene rings is 1. The van der Waals surface area contributed by atoms with Gasteiger partial charge in [0.2, 0.25) is 5.13 Å². The highest BCUT2D eigenvalue weighted by molar-refractivity contribution is 7.22. The fraction of sp³-hybridized carbons (Fsp3) is 0. The first-order valence-corrected chi connectivity index (χ1v) is 8.12. The molecule has 23 heavy (non-hydrogen) atoms. The molecule has 2 aromatic heterocycles. The van der Waals surface area contributed by atoms with Crippen LogP contribution < -0.4 is 16.8 Å². The van der Waals surface area contributed by atoms with Crippen molar-refractivity contribution in [3.05, 3.63) is 34.0 Å². The summed E-state index contributed by atoms with van der Waals surface area (Å²) in [7, 11) is 0. The van der Waals surface area contributed by atoms with Crippen molar-refractivity contribution in [2.75, 3.05) is 5.32 Å². The number of hydrogen-bond acceptors (Lipinski definition) is 6. The van der Waals surface area contributed by atoms with Crippen LogP contribution in [0.2, 0.25) is 5.02 Å². The summed E-state index contributed by atoms with van der Waals surface area (Å²) in [6.45, 7) is 0. The molecule has 3 rings (SSSR count). The normalized spacial score (nSPS) is 10.7. The van der Waals surface area contributed by atoms with Gasteiger partial charge in [-0.15, -0.1) is 11.3 Å². The van der Waals surface area contributed by atoms with Crippen molar-refractivity contribution >= 4 is 66.6 Å². The van der Waals surface area contributed by atoms with E-state index in [1.54, 1.807) is 0 Å². The predicted octanol–water partition coefficient (Wildman–Crippen LogP) is 2.70. The lowest BCUT2D eigenvalue weighted by Crippen LogP contribution is -2.21. The smallest absolute Gasteiger partial charge is 0.276 e. The van der Waals surface area contributed by atoms with Crippen LogP contribution in [-0.2, 0) is 0 Å². The van der Waals surface area contributed by atoms with E-state index in [4.69, 9.17) is 23.1 Å². The molecule has 0 aliphatic heterocycles. The van der Waals surface area contributed by atoms with Crippen LogP contribution in [0.4, 0.5) is 14.7 Å². The second kappa shape index (κ2) is 6.07. The molecule has 0 aliphatic carbocycles. The fourth-order valence-electron chi connectivity index (χ4n) is 1.67. The number of nitrogens with one attached hydrogen (secondary N) is 1. The van der Waals surface area contributed by atoms with Crippen molar-refractivity contribution in [2.24, 2.45) is 16.5 Å². The molecule has 118 valence electrons. The van der Waals surface area contributed by atoms with Gasteiger partial charge >= 0.3 is 0 Å². The Morgan fingerprint density at radius 1 is 1.35 bits per heavy atom. The number of anilines is 1. The van der Waals surface area contributed by atoms with Crippen molar-refractivity contribution < 1.29 is 9.18 Å². The number of guanidine groups is 1. The van der Waals surface area contributed by atoms with E-state index in [-0.39, 0.29) is 21.8 Å². The number of fused-ring (bicyclic) bond motifs is 1. The van der Waals surface area contributed by atoms with Crippen LogP contribution >= 0.6 is 34.3 Å². The maximum atomic E-state index is 13.4. The minimum atomic E-state index is -0.540. The number of aromatic nitrogens is 2. The monoisotopic (exact) mass is 370 g/mol. The molecule has 0 unspecified atom stereocenters. The zero-order chi connectivity index (χ0) is 16.6. The van der Waals surface area contributed by atoms with Crippen LogP contribution in [-0.4, -0.2) is 21.8 Å². The van der Waals surface area contributed by atoms with E-state index in [0.717, 1.165) is 22.7 Å². The molecule has 0 saturated heterocycles. The van der Waals surface area contributed by atoms with Crippen LogP contribution in [0.25, 0.3) is 10.2 Å². The van der Waals surface area contributed by atoms with Gasteiger partial charge < -0.3 is 11.5 Å². The molecule has 0 saturated carbocycles. The summed E-state index contributed by atoms with van der Waals surface area (Å²) in [6.07, 6.45) is 0. The molecule has 0 spiro atoms. The largest absolute Gasteiger partial charge is 0.370 e. The molecule has 5 N–H and O–H groups in total. The van der Waals surface area contributed by atoms with E-state index in [1.165, 1.54) is 17.5 Å². The first kappa shape index (κ1) is 15.6. The lowest BCUT2D eigenvalue weighted by molar-refractivity contribution is 0.102. The summed E-state index contributed by atoms with van der Waals surface area (Å²) in [6, 6.07) is 2.67. The van der Waals surface area contributed by atoms with E-state index in [1.807, 2.05) is 0 Å². The van der Waals surface area contributed by atoms with Gasteiger partial charge in [-0.3, -0.25) is 10.1 Å². The predicted molar refractivity (Wildman–Crippen MR) is 90.1 cm³/mol. The summed E-state index contributed by atoms with van der Waals surface area (Å²) in [5, 5.41) is 4.66. The number of carbonyl (C=O) groups excluding carboxylic acids is 1. The second-order valence-electron chi connectivity index (χ2n) is 4.26. The first-order valence-electron chi connectivity index (χ1n) is 6.04. The molecule has 2 heterocycles. The molecule has 3 aromatic rings. The summed E-state index contributed by atoms with van der Waals surface area (Å²) in [4.78, 5) is 24.0. The van der Waals surface area contributed by atoms with Gasteiger partial charge in [0.25, 0.3) is 5.91 Å². The van der Waals surface area contributed by atoms with Crippen molar-refractivity contribution in [2.45, 2.75) is 0 Å².